The summed E-state index contributed by atoms with van der Waals surface area (Å²) in [6, 6.07) is 0. The molecule has 1 fully saturated rings. The Labute approximate surface area is 134 Å². The van der Waals surface area contributed by atoms with Crippen LogP contribution in [0, 0.1) is 0 Å². The highest BCUT2D eigenvalue weighted by Gasteiger charge is 2.44. The summed E-state index contributed by atoms with van der Waals surface area (Å²) in [4.78, 5) is 31.6. The molecule has 0 aliphatic carbocycles. The maximum absolute atomic E-state index is 12.4. The first-order valence-electron chi connectivity index (χ1n) is 6.94. The van der Waals surface area contributed by atoms with Crippen LogP contribution in [0.1, 0.15) is 16.6 Å². The van der Waals surface area contributed by atoms with E-state index in [2.05, 4.69) is 9.97 Å². The predicted octanol–water partition coefficient (Wildman–Crippen LogP) is -2.92. The predicted molar refractivity (Wildman–Crippen MR) is 79.7 cm³/mol. The zero-order chi connectivity index (χ0) is 17.6. The molecule has 2 aromatic heterocycles. The summed E-state index contributed by atoms with van der Waals surface area (Å²) < 4.78 is 6.57. The van der Waals surface area contributed by atoms with Gasteiger partial charge in [-0.05, 0) is 0 Å². The van der Waals surface area contributed by atoms with Gasteiger partial charge in [-0.3, -0.25) is 9.59 Å². The van der Waals surface area contributed by atoms with Crippen LogP contribution in [0.5, 0.6) is 0 Å². The standard InChI is InChI=1S/C13H15N5O6/c14-10-6-7(20)4(11(15)23)1-18(12(6)17-3-16-10)13-9(22)8(21)5(2-19)24-13/h1,3,5,8-9,13,19,21-22H,2H2,(H2,15,23)(H2,14,16,17)/t5?,8-,9-,13?/m1/s1. The molecular weight excluding hydrogens is 322 g/mol. The lowest BCUT2D eigenvalue weighted by atomic mass is 10.1. The number of aromatic nitrogens is 3. The van der Waals surface area contributed by atoms with E-state index in [0.717, 1.165) is 12.5 Å². The molecular formula is C13H15N5O6. The Balaban J connectivity index is 2.29. The molecule has 3 rings (SSSR count). The van der Waals surface area contributed by atoms with E-state index in [1.165, 1.54) is 4.57 Å². The Morgan fingerprint density at radius 1 is 1.33 bits per heavy atom. The number of hydrogen-bond acceptors (Lipinski definition) is 9. The van der Waals surface area contributed by atoms with Gasteiger partial charge in [-0.15, -0.1) is 0 Å². The van der Waals surface area contributed by atoms with E-state index >= 15 is 0 Å². The van der Waals surface area contributed by atoms with Crippen LogP contribution in [0.4, 0.5) is 5.82 Å². The fraction of sp³-hybridized carbons (Fsp3) is 0.385. The van der Waals surface area contributed by atoms with Crippen molar-refractivity contribution in [3.8, 4) is 0 Å². The molecule has 1 aliphatic heterocycles. The second kappa shape index (κ2) is 5.79. The molecule has 1 saturated heterocycles. The molecule has 24 heavy (non-hydrogen) atoms. The van der Waals surface area contributed by atoms with Gasteiger partial charge >= 0.3 is 0 Å². The average molecular weight is 337 g/mol. The largest absolute Gasteiger partial charge is 0.394 e. The van der Waals surface area contributed by atoms with Crippen LogP contribution in [-0.2, 0) is 4.74 Å². The highest BCUT2D eigenvalue weighted by Crippen LogP contribution is 2.31. The van der Waals surface area contributed by atoms with Crippen LogP contribution >= 0.6 is 0 Å². The summed E-state index contributed by atoms with van der Waals surface area (Å²) in [5.41, 5.74) is 9.75. The Morgan fingerprint density at radius 3 is 2.62 bits per heavy atom. The third-order valence-electron chi connectivity index (χ3n) is 3.90. The van der Waals surface area contributed by atoms with Crippen molar-refractivity contribution in [1.82, 2.24) is 14.5 Å². The Morgan fingerprint density at radius 2 is 2.04 bits per heavy atom. The van der Waals surface area contributed by atoms with Crippen LogP contribution in [0.2, 0.25) is 0 Å². The molecule has 2 unspecified atom stereocenters. The van der Waals surface area contributed by atoms with E-state index in [4.69, 9.17) is 16.2 Å². The number of pyridine rings is 1. The Hall–Kier alpha value is -2.60. The number of nitrogens with two attached hydrogens (primary N) is 2. The highest BCUT2D eigenvalue weighted by molar-refractivity contribution is 5.97. The number of carbonyl (C=O) groups excluding carboxylic acids is 1. The van der Waals surface area contributed by atoms with Crippen molar-refractivity contribution >= 4 is 22.8 Å². The summed E-state index contributed by atoms with van der Waals surface area (Å²) in [7, 11) is 0. The molecule has 3 heterocycles. The number of amides is 1. The van der Waals surface area contributed by atoms with Crippen molar-refractivity contribution in [3.05, 3.63) is 28.3 Å². The molecule has 1 aliphatic rings. The minimum atomic E-state index is -1.44. The third kappa shape index (κ3) is 2.30. The number of primary amides is 1. The maximum atomic E-state index is 12.4. The number of anilines is 1. The molecule has 0 aromatic carbocycles. The maximum Gasteiger partial charge on any atom is 0.254 e. The molecule has 1 amide bonds. The zero-order valence-electron chi connectivity index (χ0n) is 12.2. The van der Waals surface area contributed by atoms with E-state index in [1.54, 1.807) is 0 Å². The van der Waals surface area contributed by atoms with Crippen molar-refractivity contribution in [1.29, 1.82) is 0 Å². The van der Waals surface area contributed by atoms with Crippen molar-refractivity contribution in [2.75, 3.05) is 12.3 Å². The van der Waals surface area contributed by atoms with E-state index in [1.807, 2.05) is 0 Å². The summed E-state index contributed by atoms with van der Waals surface area (Å²) in [6.07, 6.45) is -2.91. The van der Waals surface area contributed by atoms with Gasteiger partial charge in [-0.2, -0.15) is 0 Å². The van der Waals surface area contributed by atoms with Gasteiger partial charge < -0.3 is 36.1 Å². The third-order valence-corrected chi connectivity index (χ3v) is 3.90. The summed E-state index contributed by atoms with van der Waals surface area (Å²) in [5, 5.41) is 29.1. The molecule has 0 bridgehead atoms. The van der Waals surface area contributed by atoms with Crippen LogP contribution < -0.4 is 16.9 Å². The number of carbonyl (C=O) groups is 1. The molecule has 0 radical (unpaired) electrons. The molecule has 2 aromatic rings. The van der Waals surface area contributed by atoms with E-state index < -0.39 is 48.0 Å². The highest BCUT2D eigenvalue weighted by atomic mass is 16.6. The van der Waals surface area contributed by atoms with Crippen LogP contribution in [0.25, 0.3) is 11.0 Å². The molecule has 0 saturated carbocycles. The van der Waals surface area contributed by atoms with Crippen molar-refractivity contribution in [2.45, 2.75) is 24.5 Å². The number of fused-ring (bicyclic) bond motifs is 1. The lowest BCUT2D eigenvalue weighted by Gasteiger charge is -2.21. The second-order valence-electron chi connectivity index (χ2n) is 5.33. The minimum absolute atomic E-state index is 0.00709. The first-order chi connectivity index (χ1) is 11.4. The number of aliphatic hydroxyl groups is 3. The van der Waals surface area contributed by atoms with Gasteiger partial charge in [0, 0.05) is 6.20 Å². The Kier molecular flexibility index (Phi) is 3.93. The number of ether oxygens (including phenoxy) is 1. The van der Waals surface area contributed by atoms with Gasteiger partial charge in [0.25, 0.3) is 5.91 Å². The van der Waals surface area contributed by atoms with Crippen LogP contribution in [0.15, 0.2) is 17.3 Å². The van der Waals surface area contributed by atoms with Crippen molar-refractivity contribution in [3.63, 3.8) is 0 Å². The number of nitrogen functional groups attached to an aromatic ring is 1. The van der Waals surface area contributed by atoms with Crippen molar-refractivity contribution in [2.24, 2.45) is 5.73 Å². The number of nitrogens with zero attached hydrogens (tertiary/aromatic N) is 3. The minimum Gasteiger partial charge on any atom is -0.394 e. The zero-order valence-corrected chi connectivity index (χ0v) is 12.2. The summed E-state index contributed by atoms with van der Waals surface area (Å²) in [5.74, 6) is -1.18. The molecule has 0 spiro atoms. The van der Waals surface area contributed by atoms with Crippen LogP contribution in [0.3, 0.4) is 0 Å². The quantitative estimate of drug-likeness (QED) is 0.391. The van der Waals surface area contributed by atoms with Gasteiger partial charge in [-0.1, -0.05) is 0 Å². The monoisotopic (exact) mass is 337 g/mol. The van der Waals surface area contributed by atoms with E-state index in [9.17, 15) is 24.9 Å². The number of aliphatic hydroxyl groups excluding tert-OH is 3. The van der Waals surface area contributed by atoms with Gasteiger partial charge in [0.2, 0.25) is 5.43 Å². The SMILES string of the molecule is NC(=O)c1cn(C2OC(CO)[C@@H](O)[C@H]2O)c2ncnc(N)c2c1=O. The number of rotatable bonds is 3. The summed E-state index contributed by atoms with van der Waals surface area (Å²) in [6.45, 7) is -0.535. The Bertz CT molecular complexity index is 868. The molecule has 11 nitrogen and oxygen atoms in total. The first-order valence-corrected chi connectivity index (χ1v) is 6.94. The normalized spacial score (nSPS) is 26.8. The van der Waals surface area contributed by atoms with Gasteiger partial charge in [0.15, 0.2) is 11.9 Å². The van der Waals surface area contributed by atoms with E-state index in [-0.39, 0.29) is 16.9 Å². The van der Waals surface area contributed by atoms with Gasteiger partial charge in [0.1, 0.15) is 41.4 Å². The van der Waals surface area contributed by atoms with Gasteiger partial charge in [-0.25, -0.2) is 9.97 Å². The number of hydrogen-bond donors (Lipinski definition) is 5. The lowest BCUT2D eigenvalue weighted by molar-refractivity contribution is -0.0511. The molecule has 128 valence electrons. The molecule has 11 heteroatoms. The van der Waals surface area contributed by atoms with E-state index in [0.29, 0.717) is 0 Å². The lowest BCUT2D eigenvalue weighted by Crippen LogP contribution is -2.34. The van der Waals surface area contributed by atoms with Crippen molar-refractivity contribution < 1.29 is 24.9 Å². The average Bonchev–Trinajstić information content (AvgIpc) is 2.83. The van der Waals surface area contributed by atoms with Gasteiger partial charge in [0.05, 0.1) is 6.61 Å². The molecule has 7 N–H and O–H groups in total. The van der Waals surface area contributed by atoms with Crippen LogP contribution in [-0.4, -0.2) is 60.7 Å². The topological polar surface area (TPSA) is 187 Å². The smallest absolute Gasteiger partial charge is 0.254 e. The fourth-order valence-electron chi connectivity index (χ4n) is 2.68. The molecule has 4 atom stereocenters. The fourth-order valence-corrected chi connectivity index (χ4v) is 2.68. The second-order valence-corrected chi connectivity index (χ2v) is 5.33. The summed E-state index contributed by atoms with van der Waals surface area (Å²) >= 11 is 0. The first kappa shape index (κ1) is 16.3.